The highest BCUT2D eigenvalue weighted by molar-refractivity contribution is 5.77. The Morgan fingerprint density at radius 1 is 1.58 bits per heavy atom. The second-order valence-electron chi connectivity index (χ2n) is 2.73. The molecule has 0 aliphatic heterocycles. The number of hydrogen-bond acceptors (Lipinski definition) is 2. The lowest BCUT2D eigenvalue weighted by Crippen LogP contribution is -2.18. The van der Waals surface area contributed by atoms with Crippen molar-refractivity contribution in [3.8, 4) is 0 Å². The van der Waals surface area contributed by atoms with E-state index in [9.17, 15) is 0 Å². The molecule has 2 heteroatoms. The molecule has 68 valence electrons. The highest BCUT2D eigenvalue weighted by Crippen LogP contribution is 1.98. The smallest absolute Gasteiger partial charge is 0.0495 e. The summed E-state index contributed by atoms with van der Waals surface area (Å²) in [6.45, 7) is 10.6. The Hall–Kier alpha value is -1.05. The first kappa shape index (κ1) is 11.0. The van der Waals surface area contributed by atoms with Crippen molar-refractivity contribution in [2.24, 2.45) is 4.99 Å². The maximum Gasteiger partial charge on any atom is 0.0495 e. The highest BCUT2D eigenvalue weighted by atomic mass is 15.1. The lowest BCUT2D eigenvalue weighted by atomic mass is 10.3. The largest absolute Gasteiger partial charge is 0.374 e. The number of aliphatic imine (C=N–C) groups is 1. The zero-order chi connectivity index (χ0) is 9.40. The van der Waals surface area contributed by atoms with E-state index >= 15 is 0 Å². The van der Waals surface area contributed by atoms with Crippen molar-refractivity contribution in [3.63, 3.8) is 0 Å². The summed E-state index contributed by atoms with van der Waals surface area (Å²) in [5, 5.41) is 0. The van der Waals surface area contributed by atoms with Crippen molar-refractivity contribution < 1.29 is 0 Å². The maximum atomic E-state index is 3.90. The van der Waals surface area contributed by atoms with Crippen molar-refractivity contribution in [2.45, 2.75) is 19.8 Å². The lowest BCUT2D eigenvalue weighted by molar-refractivity contribution is 0.427. The normalized spacial score (nSPS) is 10.2. The third-order valence-corrected chi connectivity index (χ3v) is 1.67. The van der Waals surface area contributed by atoms with Gasteiger partial charge in [-0.1, -0.05) is 26.5 Å². The zero-order valence-corrected chi connectivity index (χ0v) is 8.08. The molecule has 0 spiro atoms. The number of nitrogens with zero attached hydrogens (tertiary/aromatic N) is 2. The van der Waals surface area contributed by atoms with Gasteiger partial charge in [-0.25, -0.2) is 0 Å². The second kappa shape index (κ2) is 6.65. The Bertz CT molecular complexity index is 171. The van der Waals surface area contributed by atoms with Crippen LogP contribution in [0.5, 0.6) is 0 Å². The van der Waals surface area contributed by atoms with Gasteiger partial charge in [-0.2, -0.15) is 0 Å². The molecule has 0 radical (unpaired) electrons. The third kappa shape index (κ3) is 4.72. The molecule has 0 atom stereocenters. The fraction of sp³-hybridized carbons (Fsp3) is 0.500. The summed E-state index contributed by atoms with van der Waals surface area (Å²) in [6.07, 6.45) is 5.63. The van der Waals surface area contributed by atoms with E-state index in [1.165, 1.54) is 19.0 Å². The van der Waals surface area contributed by atoms with Crippen LogP contribution in [-0.2, 0) is 0 Å². The molecule has 0 saturated heterocycles. The standard InChI is InChI=1S/C10H18N2/c1-5-7-8-12(4)10(3)9-11-6-2/h6,9H,2-3,5,7-8H2,1,4H3. The van der Waals surface area contributed by atoms with Gasteiger partial charge in [-0.15, -0.1) is 0 Å². The Morgan fingerprint density at radius 3 is 2.75 bits per heavy atom. The van der Waals surface area contributed by atoms with Crippen LogP contribution < -0.4 is 0 Å². The van der Waals surface area contributed by atoms with Crippen LogP contribution in [0.25, 0.3) is 0 Å². The van der Waals surface area contributed by atoms with Gasteiger partial charge in [0.25, 0.3) is 0 Å². The number of hydrogen-bond donors (Lipinski definition) is 0. The molecule has 0 aromatic rings. The molecule has 12 heavy (non-hydrogen) atoms. The Balaban J connectivity index is 3.76. The summed E-state index contributed by atoms with van der Waals surface area (Å²) >= 11 is 0. The molecule has 0 aliphatic carbocycles. The molecule has 0 aliphatic rings. The number of unbranched alkanes of at least 4 members (excludes halogenated alkanes) is 1. The van der Waals surface area contributed by atoms with E-state index in [1.54, 1.807) is 6.21 Å². The Kier molecular flexibility index (Phi) is 6.07. The first-order valence-electron chi connectivity index (χ1n) is 4.26. The molecule has 0 aromatic heterocycles. The van der Waals surface area contributed by atoms with Crippen LogP contribution >= 0.6 is 0 Å². The monoisotopic (exact) mass is 166 g/mol. The van der Waals surface area contributed by atoms with Crippen molar-refractivity contribution in [1.82, 2.24) is 4.90 Å². The topological polar surface area (TPSA) is 15.6 Å². The van der Waals surface area contributed by atoms with E-state index in [4.69, 9.17) is 0 Å². The van der Waals surface area contributed by atoms with Crippen LogP contribution in [0.3, 0.4) is 0 Å². The highest BCUT2D eigenvalue weighted by Gasteiger charge is 1.96. The molecule has 2 nitrogen and oxygen atoms in total. The molecule has 0 rings (SSSR count). The molecule has 0 bridgehead atoms. The SMILES string of the molecule is C=CN=CC(=C)N(C)CCCC. The van der Waals surface area contributed by atoms with E-state index < -0.39 is 0 Å². The molecule has 0 unspecified atom stereocenters. The summed E-state index contributed by atoms with van der Waals surface area (Å²) in [5.74, 6) is 0. The van der Waals surface area contributed by atoms with Crippen LogP contribution in [0.2, 0.25) is 0 Å². The van der Waals surface area contributed by atoms with E-state index in [1.807, 2.05) is 7.05 Å². The fourth-order valence-corrected chi connectivity index (χ4v) is 0.776. The summed E-state index contributed by atoms with van der Waals surface area (Å²) in [5.41, 5.74) is 0.934. The number of rotatable bonds is 6. The molecular formula is C10H18N2. The van der Waals surface area contributed by atoms with Gasteiger partial charge < -0.3 is 4.90 Å². The van der Waals surface area contributed by atoms with Crippen molar-refractivity contribution >= 4 is 6.21 Å². The van der Waals surface area contributed by atoms with Crippen LogP contribution in [0.15, 0.2) is 30.0 Å². The van der Waals surface area contributed by atoms with Gasteiger partial charge in [0.05, 0.1) is 0 Å². The van der Waals surface area contributed by atoms with Crippen LogP contribution in [-0.4, -0.2) is 24.7 Å². The predicted molar refractivity (Wildman–Crippen MR) is 55.4 cm³/mol. The van der Waals surface area contributed by atoms with Gasteiger partial charge in [0.1, 0.15) is 0 Å². The number of allylic oxidation sites excluding steroid dienone is 1. The van der Waals surface area contributed by atoms with Gasteiger partial charge in [0.2, 0.25) is 0 Å². The van der Waals surface area contributed by atoms with Gasteiger partial charge >= 0.3 is 0 Å². The van der Waals surface area contributed by atoms with Crippen molar-refractivity contribution in [2.75, 3.05) is 13.6 Å². The minimum atomic E-state index is 0.934. The molecular weight excluding hydrogens is 148 g/mol. The average molecular weight is 166 g/mol. The van der Waals surface area contributed by atoms with E-state index in [0.717, 1.165) is 12.2 Å². The summed E-state index contributed by atoms with van der Waals surface area (Å²) in [4.78, 5) is 5.99. The van der Waals surface area contributed by atoms with Gasteiger partial charge in [-0.3, -0.25) is 4.99 Å². The van der Waals surface area contributed by atoms with E-state index in [2.05, 4.69) is 30.0 Å². The fourth-order valence-electron chi connectivity index (χ4n) is 0.776. The van der Waals surface area contributed by atoms with Crippen LogP contribution in [0, 0.1) is 0 Å². The molecule has 0 fully saturated rings. The Morgan fingerprint density at radius 2 is 2.25 bits per heavy atom. The molecule has 0 aromatic carbocycles. The molecule has 0 amide bonds. The van der Waals surface area contributed by atoms with Crippen LogP contribution in [0.4, 0.5) is 0 Å². The van der Waals surface area contributed by atoms with Gasteiger partial charge in [-0.05, 0) is 6.42 Å². The molecule has 0 saturated carbocycles. The van der Waals surface area contributed by atoms with Crippen molar-refractivity contribution in [1.29, 1.82) is 0 Å². The molecule has 0 N–H and O–H groups in total. The third-order valence-electron chi connectivity index (χ3n) is 1.67. The Labute approximate surface area is 75.3 Å². The quantitative estimate of drug-likeness (QED) is 0.553. The van der Waals surface area contributed by atoms with Crippen molar-refractivity contribution in [3.05, 3.63) is 25.1 Å². The first-order chi connectivity index (χ1) is 5.72. The summed E-state index contributed by atoms with van der Waals surface area (Å²) in [6, 6.07) is 0. The lowest BCUT2D eigenvalue weighted by Gasteiger charge is -2.17. The van der Waals surface area contributed by atoms with E-state index in [0.29, 0.717) is 0 Å². The zero-order valence-electron chi connectivity index (χ0n) is 8.08. The minimum absolute atomic E-state index is 0.934. The summed E-state index contributed by atoms with van der Waals surface area (Å²) in [7, 11) is 2.02. The van der Waals surface area contributed by atoms with Gasteiger partial charge in [0, 0.05) is 31.7 Å². The predicted octanol–water partition coefficient (Wildman–Crippen LogP) is 2.45. The molecule has 0 heterocycles. The van der Waals surface area contributed by atoms with E-state index in [-0.39, 0.29) is 0 Å². The van der Waals surface area contributed by atoms with Gasteiger partial charge in [0.15, 0.2) is 0 Å². The van der Waals surface area contributed by atoms with Crippen LogP contribution in [0.1, 0.15) is 19.8 Å². The maximum absolute atomic E-state index is 3.90. The minimum Gasteiger partial charge on any atom is -0.374 e. The average Bonchev–Trinajstić information content (AvgIpc) is 2.10. The first-order valence-corrected chi connectivity index (χ1v) is 4.26. The second-order valence-corrected chi connectivity index (χ2v) is 2.73. The summed E-state index contributed by atoms with van der Waals surface area (Å²) < 4.78 is 0.